The number of sulfonamides is 1. The number of aliphatic imine (C=N–C) groups is 1. The lowest BCUT2D eigenvalue weighted by atomic mass is 10.3. The van der Waals surface area contributed by atoms with Crippen molar-refractivity contribution in [1.82, 2.24) is 26.0 Å². The van der Waals surface area contributed by atoms with E-state index in [4.69, 9.17) is 4.84 Å². The normalized spacial score (nSPS) is 14.7. The molecule has 1 fully saturated rings. The second-order valence-corrected chi connectivity index (χ2v) is 8.81. The second-order valence-electron chi connectivity index (χ2n) is 6.20. The minimum atomic E-state index is -3.43. The monoisotopic (exact) mass is 507 g/mol. The molecule has 1 aliphatic carbocycles. The molecule has 1 aliphatic rings. The predicted molar refractivity (Wildman–Crippen MR) is 107 cm³/mol. The first-order valence-corrected chi connectivity index (χ1v) is 11.2. The van der Waals surface area contributed by atoms with Crippen molar-refractivity contribution in [3.63, 3.8) is 0 Å². The quantitative estimate of drug-likeness (QED) is 0.128. The molecule has 0 spiro atoms. The van der Waals surface area contributed by atoms with E-state index in [1.54, 1.807) is 0 Å². The van der Waals surface area contributed by atoms with Crippen LogP contribution in [0.3, 0.4) is 0 Å². The van der Waals surface area contributed by atoms with E-state index in [1.807, 2.05) is 5.48 Å². The third-order valence-corrected chi connectivity index (χ3v) is 5.53. The first-order chi connectivity index (χ1) is 14.4. The maximum atomic E-state index is 13.3. The van der Waals surface area contributed by atoms with Crippen molar-refractivity contribution in [1.29, 1.82) is 0 Å². The molecule has 1 saturated carbocycles. The smallest absolute Gasteiger partial charge is 0.227 e. The molecule has 30 heavy (non-hydrogen) atoms. The van der Waals surface area contributed by atoms with Crippen LogP contribution in [0.5, 0.6) is 0 Å². The summed E-state index contributed by atoms with van der Waals surface area (Å²) in [5.74, 6) is -0.752. The SMILES string of the molecule is O=S(=O)(CNOCCNc1nonc1C(=Nc1ccc(F)c(Br)c1)NO)NC1CC1. The van der Waals surface area contributed by atoms with Crippen molar-refractivity contribution < 1.29 is 27.5 Å². The Hall–Kier alpha value is -2.17. The molecule has 0 atom stereocenters. The second kappa shape index (κ2) is 10.2. The van der Waals surface area contributed by atoms with Crippen LogP contribution in [0.25, 0.3) is 0 Å². The molecular formula is C15H19BrFN7O5S. The van der Waals surface area contributed by atoms with Crippen LogP contribution in [0, 0.1) is 5.82 Å². The molecule has 0 radical (unpaired) electrons. The van der Waals surface area contributed by atoms with Crippen molar-refractivity contribution in [2.75, 3.05) is 24.3 Å². The maximum Gasteiger partial charge on any atom is 0.227 e. The molecule has 0 saturated heterocycles. The maximum absolute atomic E-state index is 13.3. The van der Waals surface area contributed by atoms with E-state index in [1.165, 1.54) is 18.2 Å². The Labute approximate surface area is 179 Å². The number of anilines is 1. The zero-order chi connectivity index (χ0) is 21.6. The molecule has 5 N–H and O–H groups in total. The number of amidine groups is 1. The van der Waals surface area contributed by atoms with Gasteiger partial charge in [0.05, 0.1) is 16.8 Å². The summed E-state index contributed by atoms with van der Waals surface area (Å²) >= 11 is 3.06. The lowest BCUT2D eigenvalue weighted by molar-refractivity contribution is 0.0601. The molecule has 0 amide bonds. The Morgan fingerprint density at radius 3 is 2.90 bits per heavy atom. The Morgan fingerprint density at radius 2 is 2.20 bits per heavy atom. The van der Waals surface area contributed by atoms with E-state index in [0.29, 0.717) is 5.69 Å². The van der Waals surface area contributed by atoms with Crippen LogP contribution in [-0.2, 0) is 14.9 Å². The summed E-state index contributed by atoms with van der Waals surface area (Å²) in [5.41, 5.74) is 4.67. The molecule has 15 heteroatoms. The third-order valence-electron chi connectivity index (χ3n) is 3.73. The van der Waals surface area contributed by atoms with E-state index in [-0.39, 0.29) is 46.9 Å². The fourth-order valence-corrected chi connectivity index (χ4v) is 3.62. The lowest BCUT2D eigenvalue weighted by Gasteiger charge is -2.08. The summed E-state index contributed by atoms with van der Waals surface area (Å²) in [5, 5.41) is 19.6. The molecule has 0 bridgehead atoms. The van der Waals surface area contributed by atoms with Gasteiger partial charge < -0.3 is 5.32 Å². The number of benzene rings is 1. The van der Waals surface area contributed by atoms with Crippen molar-refractivity contribution >= 4 is 43.3 Å². The topological polar surface area (TPSA) is 163 Å². The van der Waals surface area contributed by atoms with Gasteiger partial charge in [0.15, 0.2) is 11.5 Å². The summed E-state index contributed by atoms with van der Waals surface area (Å²) in [6, 6.07) is 4.06. The zero-order valence-corrected chi connectivity index (χ0v) is 17.8. The van der Waals surface area contributed by atoms with Gasteiger partial charge in [-0.3, -0.25) is 15.5 Å². The average molecular weight is 508 g/mol. The van der Waals surface area contributed by atoms with E-state index in [0.717, 1.165) is 12.8 Å². The number of nitrogens with one attached hydrogen (secondary N) is 4. The summed E-state index contributed by atoms with van der Waals surface area (Å²) in [6.45, 7) is 0.306. The van der Waals surface area contributed by atoms with Crippen LogP contribution < -0.4 is 21.0 Å². The van der Waals surface area contributed by atoms with Crippen molar-refractivity contribution in [3.05, 3.63) is 34.2 Å². The number of hydrogen-bond acceptors (Lipinski definition) is 10. The van der Waals surface area contributed by atoms with Crippen molar-refractivity contribution in [2.45, 2.75) is 18.9 Å². The van der Waals surface area contributed by atoms with Gasteiger partial charge in [0.1, 0.15) is 11.7 Å². The first-order valence-electron chi connectivity index (χ1n) is 8.73. The molecular weight excluding hydrogens is 489 g/mol. The molecule has 0 unspecified atom stereocenters. The summed E-state index contributed by atoms with van der Waals surface area (Å²) in [4.78, 5) is 9.20. The number of halogens is 2. The van der Waals surface area contributed by atoms with Gasteiger partial charge in [-0.1, -0.05) is 0 Å². The molecule has 164 valence electrons. The van der Waals surface area contributed by atoms with Crippen LogP contribution in [0.4, 0.5) is 15.9 Å². The number of aromatic nitrogens is 2. The van der Waals surface area contributed by atoms with E-state index in [9.17, 15) is 18.0 Å². The van der Waals surface area contributed by atoms with Gasteiger partial charge in [-0.2, -0.15) is 5.48 Å². The van der Waals surface area contributed by atoms with Crippen LogP contribution in [0.2, 0.25) is 0 Å². The molecule has 0 aliphatic heterocycles. The lowest BCUT2D eigenvalue weighted by Crippen LogP contribution is -2.35. The van der Waals surface area contributed by atoms with Gasteiger partial charge in [0.2, 0.25) is 15.8 Å². The molecule has 2 aromatic rings. The van der Waals surface area contributed by atoms with Gasteiger partial charge in [0, 0.05) is 12.6 Å². The fourth-order valence-electron chi connectivity index (χ4n) is 2.18. The van der Waals surface area contributed by atoms with Crippen LogP contribution in [0.1, 0.15) is 18.5 Å². The fraction of sp³-hybridized carbons (Fsp3) is 0.400. The molecule has 3 rings (SSSR count). The van der Waals surface area contributed by atoms with E-state index in [2.05, 4.69) is 51.4 Å². The Balaban J connectivity index is 1.50. The minimum Gasteiger partial charge on any atom is -0.363 e. The summed E-state index contributed by atoms with van der Waals surface area (Å²) in [7, 11) is -3.43. The van der Waals surface area contributed by atoms with Crippen molar-refractivity contribution in [3.8, 4) is 0 Å². The largest absolute Gasteiger partial charge is 0.363 e. The van der Waals surface area contributed by atoms with Gasteiger partial charge in [0.25, 0.3) is 0 Å². The summed E-state index contributed by atoms with van der Waals surface area (Å²) in [6.07, 6.45) is 1.70. The Kier molecular flexibility index (Phi) is 7.68. The van der Waals surface area contributed by atoms with Crippen LogP contribution in [0.15, 0.2) is 32.3 Å². The molecule has 1 aromatic heterocycles. The summed E-state index contributed by atoms with van der Waals surface area (Å²) < 4.78 is 44.1. The number of hydroxylamine groups is 2. The average Bonchev–Trinajstić information content (AvgIpc) is 3.38. The van der Waals surface area contributed by atoms with Gasteiger partial charge in [-0.15, -0.1) is 0 Å². The van der Waals surface area contributed by atoms with Crippen LogP contribution in [-0.4, -0.2) is 54.8 Å². The molecule has 1 aromatic carbocycles. The van der Waals surface area contributed by atoms with Gasteiger partial charge in [-0.25, -0.2) is 27.2 Å². The highest BCUT2D eigenvalue weighted by Crippen LogP contribution is 2.23. The van der Waals surface area contributed by atoms with Crippen LogP contribution >= 0.6 is 15.9 Å². The number of rotatable bonds is 11. The molecule has 12 nitrogen and oxygen atoms in total. The van der Waals surface area contributed by atoms with Gasteiger partial charge in [-0.05, 0) is 57.3 Å². The first kappa shape index (κ1) is 22.5. The number of nitrogens with zero attached hydrogens (tertiary/aromatic N) is 3. The Bertz CT molecular complexity index is 999. The zero-order valence-electron chi connectivity index (χ0n) is 15.4. The highest BCUT2D eigenvalue weighted by atomic mass is 79.9. The predicted octanol–water partition coefficient (Wildman–Crippen LogP) is 1.00. The number of hydrogen-bond donors (Lipinski definition) is 5. The highest BCUT2D eigenvalue weighted by molar-refractivity contribution is 9.10. The van der Waals surface area contributed by atoms with E-state index < -0.39 is 15.8 Å². The van der Waals surface area contributed by atoms with E-state index >= 15 is 0 Å². The van der Waals surface area contributed by atoms with Gasteiger partial charge >= 0.3 is 0 Å². The Morgan fingerprint density at radius 1 is 1.40 bits per heavy atom. The van der Waals surface area contributed by atoms with Crippen molar-refractivity contribution in [2.24, 2.45) is 4.99 Å². The molecule has 1 heterocycles. The minimum absolute atomic E-state index is 0.0311. The third kappa shape index (κ3) is 6.68. The standard InChI is InChI=1S/C15H19BrFN7O5S/c16-11-7-10(3-4-12(11)17)20-15(21-25)13-14(23-29-22-13)18-5-6-28-19-8-30(26,27)24-9-1-2-9/h3-4,7,9,19,24-25H,1-2,5-6,8H2,(H,18,23)(H,20,21). The highest BCUT2D eigenvalue weighted by Gasteiger charge is 2.26.